The summed E-state index contributed by atoms with van der Waals surface area (Å²) < 4.78 is 2.46. The Bertz CT molecular complexity index is 505. The molecular weight excluding hydrogens is 272 g/mol. The van der Waals surface area contributed by atoms with E-state index in [4.69, 9.17) is 10.7 Å². The molecule has 2 N–H and O–H groups in total. The SMILES string of the molecule is NC1CCCCCCC1Sc1nc2ccccc2s1. The molecule has 2 unspecified atom stereocenters. The number of thiazole rings is 1. The number of nitrogens with two attached hydrogens (primary N) is 1. The van der Waals surface area contributed by atoms with Crippen LogP contribution in [0.4, 0.5) is 0 Å². The van der Waals surface area contributed by atoms with Crippen LogP contribution in [0.2, 0.25) is 0 Å². The van der Waals surface area contributed by atoms with Gasteiger partial charge in [0.25, 0.3) is 0 Å². The van der Waals surface area contributed by atoms with Gasteiger partial charge in [-0.15, -0.1) is 11.3 Å². The van der Waals surface area contributed by atoms with Gasteiger partial charge in [0.2, 0.25) is 0 Å². The lowest BCUT2D eigenvalue weighted by Gasteiger charge is -2.24. The molecule has 1 aromatic carbocycles. The number of thioether (sulfide) groups is 1. The van der Waals surface area contributed by atoms with E-state index in [9.17, 15) is 0 Å². The molecule has 19 heavy (non-hydrogen) atoms. The Labute approximate surface area is 122 Å². The first-order valence-corrected chi connectivity index (χ1v) is 8.80. The molecule has 4 heteroatoms. The minimum Gasteiger partial charge on any atom is -0.327 e. The first kappa shape index (κ1) is 13.4. The van der Waals surface area contributed by atoms with Crippen molar-refractivity contribution in [1.82, 2.24) is 4.98 Å². The van der Waals surface area contributed by atoms with Gasteiger partial charge >= 0.3 is 0 Å². The van der Waals surface area contributed by atoms with Crippen LogP contribution in [-0.2, 0) is 0 Å². The Balaban J connectivity index is 1.74. The normalized spacial score (nSPS) is 25.1. The molecule has 3 rings (SSSR count). The second kappa shape index (κ2) is 6.25. The lowest BCUT2D eigenvalue weighted by Crippen LogP contribution is -2.33. The van der Waals surface area contributed by atoms with Crippen LogP contribution >= 0.6 is 23.1 Å². The largest absolute Gasteiger partial charge is 0.327 e. The van der Waals surface area contributed by atoms with Crippen LogP contribution in [-0.4, -0.2) is 16.3 Å². The van der Waals surface area contributed by atoms with E-state index in [-0.39, 0.29) is 0 Å². The fraction of sp³-hybridized carbons (Fsp3) is 0.533. The monoisotopic (exact) mass is 292 g/mol. The smallest absolute Gasteiger partial charge is 0.151 e. The summed E-state index contributed by atoms with van der Waals surface area (Å²) >= 11 is 3.70. The van der Waals surface area contributed by atoms with Gasteiger partial charge in [-0.2, -0.15) is 0 Å². The molecular formula is C15H20N2S2. The molecule has 0 aliphatic heterocycles. The highest BCUT2D eigenvalue weighted by molar-refractivity contribution is 8.01. The highest BCUT2D eigenvalue weighted by Crippen LogP contribution is 2.36. The van der Waals surface area contributed by atoms with Crippen LogP contribution < -0.4 is 5.73 Å². The lowest BCUT2D eigenvalue weighted by molar-refractivity contribution is 0.463. The standard InChI is InChI=1S/C15H20N2S2/c16-11-7-3-1-2-4-9-13(11)18-15-17-12-8-5-6-10-14(12)19-15/h5-6,8,10-11,13H,1-4,7,9,16H2. The van der Waals surface area contributed by atoms with E-state index in [2.05, 4.69) is 24.3 Å². The second-order valence-electron chi connectivity index (χ2n) is 5.26. The Morgan fingerprint density at radius 2 is 1.89 bits per heavy atom. The summed E-state index contributed by atoms with van der Waals surface area (Å²) in [6.07, 6.45) is 7.73. The zero-order chi connectivity index (χ0) is 13.1. The van der Waals surface area contributed by atoms with Gasteiger partial charge in [0.15, 0.2) is 4.34 Å². The second-order valence-corrected chi connectivity index (χ2v) is 7.78. The van der Waals surface area contributed by atoms with Gasteiger partial charge in [0.05, 0.1) is 10.2 Å². The maximum atomic E-state index is 6.35. The number of hydrogen-bond acceptors (Lipinski definition) is 4. The summed E-state index contributed by atoms with van der Waals surface area (Å²) in [6, 6.07) is 8.70. The summed E-state index contributed by atoms with van der Waals surface area (Å²) in [5.41, 5.74) is 7.47. The van der Waals surface area contributed by atoms with Crippen LogP contribution in [0, 0.1) is 0 Å². The zero-order valence-corrected chi connectivity index (χ0v) is 12.7. The van der Waals surface area contributed by atoms with Gasteiger partial charge in [-0.05, 0) is 25.0 Å². The molecule has 2 atom stereocenters. The van der Waals surface area contributed by atoms with Crippen LogP contribution in [0.25, 0.3) is 10.2 Å². The van der Waals surface area contributed by atoms with E-state index in [1.165, 1.54) is 47.6 Å². The third-order valence-corrected chi connectivity index (χ3v) is 6.33. The maximum Gasteiger partial charge on any atom is 0.151 e. The van der Waals surface area contributed by atoms with Crippen molar-refractivity contribution in [2.24, 2.45) is 5.73 Å². The number of fused-ring (bicyclic) bond motifs is 1. The van der Waals surface area contributed by atoms with Crippen LogP contribution in [0.15, 0.2) is 28.6 Å². The number of nitrogens with zero attached hydrogens (tertiary/aromatic N) is 1. The molecule has 1 heterocycles. The molecule has 0 radical (unpaired) electrons. The molecule has 1 aliphatic carbocycles. The van der Waals surface area contributed by atoms with Gasteiger partial charge in [0, 0.05) is 11.3 Å². The molecule has 0 amide bonds. The van der Waals surface area contributed by atoms with Gasteiger partial charge in [0.1, 0.15) is 0 Å². The number of rotatable bonds is 2. The molecule has 1 aromatic heterocycles. The van der Waals surface area contributed by atoms with Crippen LogP contribution in [0.5, 0.6) is 0 Å². The maximum absolute atomic E-state index is 6.35. The minimum absolute atomic E-state index is 0.331. The van der Waals surface area contributed by atoms with Crippen molar-refractivity contribution in [3.63, 3.8) is 0 Å². The van der Waals surface area contributed by atoms with E-state index < -0.39 is 0 Å². The summed E-state index contributed by atoms with van der Waals surface area (Å²) in [5.74, 6) is 0. The summed E-state index contributed by atoms with van der Waals surface area (Å²) in [7, 11) is 0. The molecule has 1 aliphatic rings. The molecule has 0 bridgehead atoms. The molecule has 102 valence electrons. The van der Waals surface area contributed by atoms with Gasteiger partial charge in [-0.1, -0.05) is 49.6 Å². The summed E-state index contributed by atoms with van der Waals surface area (Å²) in [5, 5.41) is 0.542. The fourth-order valence-electron chi connectivity index (χ4n) is 2.66. The minimum atomic E-state index is 0.331. The Morgan fingerprint density at radius 3 is 2.74 bits per heavy atom. The molecule has 1 saturated carbocycles. The van der Waals surface area contributed by atoms with E-state index in [1.807, 2.05) is 11.8 Å². The lowest BCUT2D eigenvalue weighted by atomic mass is 9.97. The van der Waals surface area contributed by atoms with Crippen LogP contribution in [0.3, 0.4) is 0 Å². The summed E-state index contributed by atoms with van der Waals surface area (Å²) in [6.45, 7) is 0. The van der Waals surface area contributed by atoms with Crippen molar-refractivity contribution in [3.8, 4) is 0 Å². The van der Waals surface area contributed by atoms with Crippen LogP contribution in [0.1, 0.15) is 38.5 Å². The average Bonchev–Trinajstić information content (AvgIpc) is 2.81. The quantitative estimate of drug-likeness (QED) is 0.889. The molecule has 2 aromatic rings. The zero-order valence-electron chi connectivity index (χ0n) is 11.0. The first-order valence-electron chi connectivity index (χ1n) is 7.11. The molecule has 0 saturated heterocycles. The molecule has 1 fully saturated rings. The number of aromatic nitrogens is 1. The number of hydrogen-bond donors (Lipinski definition) is 1. The first-order chi connectivity index (χ1) is 9.33. The van der Waals surface area contributed by atoms with Gasteiger partial charge in [-0.25, -0.2) is 4.98 Å². The third kappa shape index (κ3) is 3.30. The Morgan fingerprint density at radius 1 is 1.11 bits per heavy atom. The topological polar surface area (TPSA) is 38.9 Å². The predicted molar refractivity (Wildman–Crippen MR) is 84.9 cm³/mol. The Kier molecular flexibility index (Phi) is 4.41. The van der Waals surface area contributed by atoms with Gasteiger partial charge in [-0.3, -0.25) is 0 Å². The van der Waals surface area contributed by atoms with E-state index in [0.29, 0.717) is 11.3 Å². The molecule has 2 nitrogen and oxygen atoms in total. The number of para-hydroxylation sites is 1. The third-order valence-electron chi connectivity index (χ3n) is 3.78. The average molecular weight is 292 g/mol. The van der Waals surface area contributed by atoms with Crippen molar-refractivity contribution in [1.29, 1.82) is 0 Å². The Hall–Kier alpha value is -0.580. The fourth-order valence-corrected chi connectivity index (χ4v) is 5.19. The van der Waals surface area contributed by atoms with Crippen molar-refractivity contribution in [2.75, 3.05) is 0 Å². The highest BCUT2D eigenvalue weighted by Gasteiger charge is 2.21. The summed E-state index contributed by atoms with van der Waals surface area (Å²) in [4.78, 5) is 4.72. The predicted octanol–water partition coefficient (Wildman–Crippen LogP) is 4.44. The van der Waals surface area contributed by atoms with Crippen molar-refractivity contribution < 1.29 is 0 Å². The van der Waals surface area contributed by atoms with Crippen molar-refractivity contribution >= 4 is 33.3 Å². The van der Waals surface area contributed by atoms with E-state index in [1.54, 1.807) is 11.3 Å². The molecule has 0 spiro atoms. The number of benzene rings is 1. The van der Waals surface area contributed by atoms with Gasteiger partial charge < -0.3 is 5.73 Å². The van der Waals surface area contributed by atoms with E-state index >= 15 is 0 Å². The highest BCUT2D eigenvalue weighted by atomic mass is 32.2. The van der Waals surface area contributed by atoms with Crippen molar-refractivity contribution in [3.05, 3.63) is 24.3 Å². The van der Waals surface area contributed by atoms with E-state index in [0.717, 1.165) is 5.52 Å². The van der Waals surface area contributed by atoms with Crippen molar-refractivity contribution in [2.45, 2.75) is 54.2 Å².